The average molecular weight is 374 g/mol. The lowest BCUT2D eigenvalue weighted by Crippen LogP contribution is -2.13. The van der Waals surface area contributed by atoms with Gasteiger partial charge in [-0.25, -0.2) is 8.42 Å². The number of halogens is 1. The molecule has 112 valence electrons. The molecule has 1 aromatic heterocycles. The number of methoxy groups -OCH3 is 1. The third-order valence-electron chi connectivity index (χ3n) is 2.53. The zero-order valence-electron chi connectivity index (χ0n) is 11.0. The van der Waals surface area contributed by atoms with E-state index in [1.54, 1.807) is 12.1 Å². The molecule has 0 aliphatic rings. The van der Waals surface area contributed by atoms with E-state index in [4.69, 9.17) is 0 Å². The SMILES string of the molecule is COC(=O)Cn1cc(NS(=O)(=O)c2ccc(Br)cc2)cn1. The molecule has 0 saturated heterocycles. The van der Waals surface area contributed by atoms with Crippen molar-refractivity contribution < 1.29 is 17.9 Å². The summed E-state index contributed by atoms with van der Waals surface area (Å²) < 4.78 is 33.2. The number of hydrogen-bond donors (Lipinski definition) is 1. The number of nitrogens with one attached hydrogen (secondary N) is 1. The average Bonchev–Trinajstić information content (AvgIpc) is 2.85. The first-order chi connectivity index (χ1) is 9.90. The lowest BCUT2D eigenvalue weighted by atomic mass is 10.4. The van der Waals surface area contributed by atoms with E-state index in [0.717, 1.165) is 4.47 Å². The van der Waals surface area contributed by atoms with Crippen molar-refractivity contribution in [3.63, 3.8) is 0 Å². The van der Waals surface area contributed by atoms with Crippen LogP contribution >= 0.6 is 15.9 Å². The first kappa shape index (κ1) is 15.5. The normalized spacial score (nSPS) is 11.1. The van der Waals surface area contributed by atoms with E-state index in [1.807, 2.05) is 0 Å². The van der Waals surface area contributed by atoms with Gasteiger partial charge >= 0.3 is 5.97 Å². The van der Waals surface area contributed by atoms with Gasteiger partial charge in [0.2, 0.25) is 0 Å². The molecule has 9 heteroatoms. The second-order valence-corrected chi connectivity index (χ2v) is 6.66. The maximum atomic E-state index is 12.1. The fourth-order valence-electron chi connectivity index (χ4n) is 1.53. The molecule has 0 amide bonds. The molecule has 2 rings (SSSR count). The van der Waals surface area contributed by atoms with Crippen LogP contribution < -0.4 is 4.72 Å². The van der Waals surface area contributed by atoms with Crippen molar-refractivity contribution in [3.05, 3.63) is 41.1 Å². The van der Waals surface area contributed by atoms with Gasteiger partial charge in [0.25, 0.3) is 10.0 Å². The number of aromatic nitrogens is 2. The second-order valence-electron chi connectivity index (χ2n) is 4.06. The molecule has 0 aliphatic carbocycles. The van der Waals surface area contributed by atoms with E-state index in [9.17, 15) is 13.2 Å². The smallest absolute Gasteiger partial charge is 0.327 e. The van der Waals surface area contributed by atoms with Gasteiger partial charge in [-0.3, -0.25) is 14.2 Å². The van der Waals surface area contributed by atoms with Crippen molar-refractivity contribution >= 4 is 37.6 Å². The number of sulfonamides is 1. The van der Waals surface area contributed by atoms with Crippen molar-refractivity contribution in [1.29, 1.82) is 0 Å². The van der Waals surface area contributed by atoms with Crippen LogP contribution in [0.2, 0.25) is 0 Å². The van der Waals surface area contributed by atoms with E-state index >= 15 is 0 Å². The van der Waals surface area contributed by atoms with Gasteiger partial charge in [0.05, 0.1) is 23.9 Å². The van der Waals surface area contributed by atoms with E-state index in [-0.39, 0.29) is 17.1 Å². The highest BCUT2D eigenvalue weighted by molar-refractivity contribution is 9.10. The van der Waals surface area contributed by atoms with Crippen LogP contribution in [0.25, 0.3) is 0 Å². The van der Waals surface area contributed by atoms with E-state index in [0.29, 0.717) is 0 Å². The number of hydrogen-bond acceptors (Lipinski definition) is 5. The molecule has 0 saturated carbocycles. The number of esters is 1. The van der Waals surface area contributed by atoms with Crippen LogP contribution in [0.1, 0.15) is 0 Å². The Balaban J connectivity index is 2.14. The molecular weight excluding hydrogens is 362 g/mol. The zero-order chi connectivity index (χ0) is 15.5. The van der Waals surface area contributed by atoms with Crippen molar-refractivity contribution in [1.82, 2.24) is 9.78 Å². The molecular formula is C12H12BrN3O4S. The van der Waals surface area contributed by atoms with Crippen LogP contribution in [0.4, 0.5) is 5.69 Å². The molecule has 0 bridgehead atoms. The Labute approximate surface area is 130 Å². The van der Waals surface area contributed by atoms with E-state index in [2.05, 4.69) is 30.5 Å². The highest BCUT2D eigenvalue weighted by Crippen LogP contribution is 2.18. The molecule has 1 N–H and O–H groups in total. The largest absolute Gasteiger partial charge is 0.468 e. The van der Waals surface area contributed by atoms with E-state index < -0.39 is 16.0 Å². The third kappa shape index (κ3) is 4.05. The summed E-state index contributed by atoms with van der Waals surface area (Å²) in [6.45, 7) is -0.0868. The second kappa shape index (κ2) is 6.27. The Morgan fingerprint density at radius 1 is 1.38 bits per heavy atom. The standard InChI is InChI=1S/C12H12BrN3O4S/c1-20-12(17)8-16-7-10(6-14-16)15-21(18,19)11-4-2-9(13)3-5-11/h2-7,15H,8H2,1H3. The number of carbonyl (C=O) groups excluding carboxylic acids is 1. The van der Waals surface area contributed by atoms with Crippen molar-refractivity contribution in [2.75, 3.05) is 11.8 Å². The summed E-state index contributed by atoms with van der Waals surface area (Å²) in [5, 5.41) is 3.88. The molecule has 2 aromatic rings. The zero-order valence-corrected chi connectivity index (χ0v) is 13.4. The van der Waals surface area contributed by atoms with Crippen LogP contribution in [0.3, 0.4) is 0 Å². The highest BCUT2D eigenvalue weighted by Gasteiger charge is 2.15. The number of nitrogens with zero attached hydrogens (tertiary/aromatic N) is 2. The summed E-state index contributed by atoms with van der Waals surface area (Å²) in [4.78, 5) is 11.2. The lowest BCUT2D eigenvalue weighted by molar-refractivity contribution is -0.141. The van der Waals surface area contributed by atoms with Gasteiger partial charge in [0.1, 0.15) is 6.54 Å². The Morgan fingerprint density at radius 3 is 2.67 bits per heavy atom. The molecule has 21 heavy (non-hydrogen) atoms. The lowest BCUT2D eigenvalue weighted by Gasteiger charge is -2.05. The Hall–Kier alpha value is -1.87. The predicted octanol–water partition coefficient (Wildman–Crippen LogP) is 1.62. The minimum atomic E-state index is -3.69. The summed E-state index contributed by atoms with van der Waals surface area (Å²) >= 11 is 3.24. The maximum Gasteiger partial charge on any atom is 0.327 e. The van der Waals surface area contributed by atoms with Crippen molar-refractivity contribution in [2.45, 2.75) is 11.4 Å². The minimum absolute atomic E-state index is 0.0868. The molecule has 0 radical (unpaired) electrons. The monoisotopic (exact) mass is 373 g/mol. The molecule has 1 aromatic carbocycles. The van der Waals surface area contributed by atoms with E-state index in [1.165, 1.54) is 36.3 Å². The maximum absolute atomic E-state index is 12.1. The van der Waals surface area contributed by atoms with Crippen LogP contribution in [-0.4, -0.2) is 31.3 Å². The molecule has 0 fully saturated rings. The molecule has 1 heterocycles. The van der Waals surface area contributed by atoms with Gasteiger partial charge in [0.15, 0.2) is 0 Å². The van der Waals surface area contributed by atoms with Gasteiger partial charge < -0.3 is 4.74 Å². The number of carbonyl (C=O) groups is 1. The number of rotatable bonds is 5. The van der Waals surface area contributed by atoms with Crippen LogP contribution in [0.5, 0.6) is 0 Å². The first-order valence-electron chi connectivity index (χ1n) is 5.78. The van der Waals surface area contributed by atoms with Crippen molar-refractivity contribution in [3.8, 4) is 0 Å². The summed E-state index contributed by atoms with van der Waals surface area (Å²) in [7, 11) is -2.42. The minimum Gasteiger partial charge on any atom is -0.468 e. The van der Waals surface area contributed by atoms with Gasteiger partial charge in [-0.15, -0.1) is 0 Å². The van der Waals surface area contributed by atoms with Crippen molar-refractivity contribution in [2.24, 2.45) is 0 Å². The Morgan fingerprint density at radius 2 is 2.05 bits per heavy atom. The third-order valence-corrected chi connectivity index (χ3v) is 4.45. The molecule has 0 atom stereocenters. The summed E-state index contributed by atoms with van der Waals surface area (Å²) in [6, 6.07) is 6.22. The van der Waals surface area contributed by atoms with Gasteiger partial charge in [-0.1, -0.05) is 15.9 Å². The molecule has 0 aliphatic heterocycles. The van der Waals surface area contributed by atoms with Crippen LogP contribution in [0.15, 0.2) is 46.0 Å². The summed E-state index contributed by atoms with van der Waals surface area (Å²) in [5.41, 5.74) is 0.266. The fourth-order valence-corrected chi connectivity index (χ4v) is 2.82. The number of ether oxygens (including phenoxy) is 1. The fraction of sp³-hybridized carbons (Fsp3) is 0.167. The summed E-state index contributed by atoms with van der Waals surface area (Å²) in [5.74, 6) is -0.472. The molecule has 7 nitrogen and oxygen atoms in total. The Kier molecular flexibility index (Phi) is 4.63. The Bertz CT molecular complexity index is 740. The predicted molar refractivity (Wildman–Crippen MR) is 79.2 cm³/mol. The van der Waals surface area contributed by atoms with Gasteiger partial charge in [0, 0.05) is 10.7 Å². The van der Waals surface area contributed by atoms with Crippen LogP contribution in [-0.2, 0) is 26.1 Å². The quantitative estimate of drug-likeness (QED) is 0.804. The van der Waals surface area contributed by atoms with Gasteiger partial charge in [-0.2, -0.15) is 5.10 Å². The molecule has 0 unspecified atom stereocenters. The van der Waals surface area contributed by atoms with Crippen LogP contribution in [0, 0.1) is 0 Å². The number of benzene rings is 1. The number of anilines is 1. The summed E-state index contributed by atoms with van der Waals surface area (Å²) in [6.07, 6.45) is 2.73. The highest BCUT2D eigenvalue weighted by atomic mass is 79.9. The van der Waals surface area contributed by atoms with Gasteiger partial charge in [-0.05, 0) is 24.3 Å². The molecule has 0 spiro atoms. The topological polar surface area (TPSA) is 90.3 Å². The first-order valence-corrected chi connectivity index (χ1v) is 8.06.